The van der Waals surface area contributed by atoms with Crippen molar-refractivity contribution in [1.29, 1.82) is 0 Å². The van der Waals surface area contributed by atoms with Gasteiger partial charge in [0.15, 0.2) is 0 Å². The molecule has 2 N–H and O–H groups in total. The molecule has 1 heterocycles. The summed E-state index contributed by atoms with van der Waals surface area (Å²) in [5.74, 6) is -0.993. The number of nitrogens with zero attached hydrogens (tertiary/aromatic N) is 1. The number of esters is 1. The van der Waals surface area contributed by atoms with E-state index in [0.717, 1.165) is 4.57 Å². The molecule has 104 valence electrons. The van der Waals surface area contributed by atoms with Gasteiger partial charge in [0, 0.05) is 18.0 Å². The minimum atomic E-state index is -0.595. The van der Waals surface area contributed by atoms with E-state index in [1.54, 1.807) is 6.07 Å². The van der Waals surface area contributed by atoms with E-state index >= 15 is 0 Å². The van der Waals surface area contributed by atoms with Gasteiger partial charge in [0.1, 0.15) is 19.0 Å². The molecule has 5 nitrogen and oxygen atoms in total. The molecule has 0 bridgehead atoms. The molecular formula is C14H13FN2O3. The van der Waals surface area contributed by atoms with Gasteiger partial charge in [-0.25, -0.2) is 4.39 Å². The summed E-state index contributed by atoms with van der Waals surface area (Å²) in [5, 5.41) is 0. The third-order valence-corrected chi connectivity index (χ3v) is 2.59. The van der Waals surface area contributed by atoms with Crippen LogP contribution >= 0.6 is 0 Å². The smallest absolute Gasteiger partial charge is 0.326 e. The molecule has 0 fully saturated rings. The Kier molecular flexibility index (Phi) is 4.14. The van der Waals surface area contributed by atoms with Gasteiger partial charge in [-0.3, -0.25) is 9.59 Å². The van der Waals surface area contributed by atoms with Gasteiger partial charge in [0.05, 0.1) is 0 Å². The van der Waals surface area contributed by atoms with Crippen molar-refractivity contribution in [1.82, 2.24) is 4.57 Å². The van der Waals surface area contributed by atoms with Crippen molar-refractivity contribution in [2.75, 3.05) is 5.73 Å². The summed E-state index contributed by atoms with van der Waals surface area (Å²) in [6.07, 6.45) is 1.37. The van der Waals surface area contributed by atoms with Crippen LogP contribution in [-0.4, -0.2) is 10.5 Å². The van der Waals surface area contributed by atoms with Crippen LogP contribution in [0.3, 0.4) is 0 Å². The van der Waals surface area contributed by atoms with Crippen molar-refractivity contribution in [3.8, 4) is 0 Å². The number of pyridine rings is 1. The average Bonchev–Trinajstić information content (AvgIpc) is 2.41. The van der Waals surface area contributed by atoms with Gasteiger partial charge < -0.3 is 15.0 Å². The molecule has 6 heteroatoms. The fourth-order valence-corrected chi connectivity index (χ4v) is 1.65. The lowest BCUT2D eigenvalue weighted by Crippen LogP contribution is -2.24. The molecule has 2 aromatic rings. The van der Waals surface area contributed by atoms with Gasteiger partial charge in [0.2, 0.25) is 0 Å². The molecule has 0 unspecified atom stereocenters. The number of aromatic nitrogens is 1. The van der Waals surface area contributed by atoms with E-state index in [1.807, 2.05) is 0 Å². The molecule has 2 rings (SSSR count). The lowest BCUT2D eigenvalue weighted by atomic mass is 10.2. The summed E-state index contributed by atoms with van der Waals surface area (Å²) in [6, 6.07) is 8.48. The van der Waals surface area contributed by atoms with Gasteiger partial charge in [-0.2, -0.15) is 0 Å². The third kappa shape index (κ3) is 3.68. The van der Waals surface area contributed by atoms with Gasteiger partial charge >= 0.3 is 5.97 Å². The number of nitrogens with two attached hydrogens (primary N) is 1. The van der Waals surface area contributed by atoms with E-state index in [4.69, 9.17) is 10.5 Å². The van der Waals surface area contributed by atoms with Gasteiger partial charge in [-0.05, 0) is 23.8 Å². The van der Waals surface area contributed by atoms with Crippen LogP contribution in [0.15, 0.2) is 47.4 Å². The highest BCUT2D eigenvalue weighted by Crippen LogP contribution is 2.05. The van der Waals surface area contributed by atoms with E-state index in [-0.39, 0.29) is 18.7 Å². The number of carbonyl (C=O) groups excluding carboxylic acids is 1. The minimum Gasteiger partial charge on any atom is -0.459 e. The van der Waals surface area contributed by atoms with E-state index in [1.165, 1.54) is 36.5 Å². The predicted molar refractivity (Wildman–Crippen MR) is 71.3 cm³/mol. The molecule has 1 aromatic heterocycles. The van der Waals surface area contributed by atoms with Crippen molar-refractivity contribution >= 4 is 11.7 Å². The van der Waals surface area contributed by atoms with Crippen LogP contribution < -0.4 is 11.3 Å². The molecule has 0 saturated heterocycles. The first kappa shape index (κ1) is 13.8. The lowest BCUT2D eigenvalue weighted by molar-refractivity contribution is -0.145. The van der Waals surface area contributed by atoms with Crippen LogP contribution in [-0.2, 0) is 22.7 Å². The number of ether oxygens (including phenoxy) is 1. The Morgan fingerprint density at radius 3 is 2.85 bits per heavy atom. The second-order valence-electron chi connectivity index (χ2n) is 4.22. The average molecular weight is 276 g/mol. The second kappa shape index (κ2) is 6.01. The lowest BCUT2D eigenvalue weighted by Gasteiger charge is -2.07. The van der Waals surface area contributed by atoms with E-state index in [2.05, 4.69) is 0 Å². The van der Waals surface area contributed by atoms with Crippen LogP contribution in [0.2, 0.25) is 0 Å². The molecule has 0 saturated carbocycles. The van der Waals surface area contributed by atoms with Crippen LogP contribution in [0.4, 0.5) is 10.1 Å². The highest BCUT2D eigenvalue weighted by molar-refractivity contribution is 5.69. The minimum absolute atomic E-state index is 0.0480. The van der Waals surface area contributed by atoms with Gasteiger partial charge in [-0.15, -0.1) is 0 Å². The van der Waals surface area contributed by atoms with E-state index in [0.29, 0.717) is 11.3 Å². The Hall–Kier alpha value is -2.63. The first-order valence-corrected chi connectivity index (χ1v) is 5.90. The van der Waals surface area contributed by atoms with Crippen molar-refractivity contribution in [3.63, 3.8) is 0 Å². The van der Waals surface area contributed by atoms with Crippen LogP contribution in [0, 0.1) is 5.82 Å². The summed E-state index contributed by atoms with van der Waals surface area (Å²) in [7, 11) is 0. The van der Waals surface area contributed by atoms with Gasteiger partial charge in [0.25, 0.3) is 5.56 Å². The number of nitrogen functional groups attached to an aromatic ring is 1. The third-order valence-electron chi connectivity index (χ3n) is 2.59. The zero-order chi connectivity index (χ0) is 14.5. The Morgan fingerprint density at radius 1 is 1.30 bits per heavy atom. The fourth-order valence-electron chi connectivity index (χ4n) is 1.65. The molecule has 0 radical (unpaired) electrons. The number of carbonyl (C=O) groups is 1. The summed E-state index contributed by atoms with van der Waals surface area (Å²) in [6.45, 7) is -0.285. The Labute approximate surface area is 114 Å². The maximum absolute atomic E-state index is 12.9. The van der Waals surface area contributed by atoms with Crippen LogP contribution in [0.25, 0.3) is 0 Å². The maximum Gasteiger partial charge on any atom is 0.326 e. The Balaban J connectivity index is 1.96. The van der Waals surface area contributed by atoms with Crippen molar-refractivity contribution in [2.45, 2.75) is 13.2 Å². The van der Waals surface area contributed by atoms with Crippen molar-refractivity contribution < 1.29 is 13.9 Å². The number of rotatable bonds is 4. The monoisotopic (exact) mass is 276 g/mol. The largest absolute Gasteiger partial charge is 0.459 e. The molecule has 0 aliphatic heterocycles. The summed E-state index contributed by atoms with van der Waals surface area (Å²) in [5.41, 5.74) is 6.10. The number of benzene rings is 1. The van der Waals surface area contributed by atoms with E-state index < -0.39 is 11.8 Å². The SMILES string of the molecule is Nc1ccc(=O)n(CC(=O)OCc2cccc(F)c2)c1. The Bertz CT molecular complexity index is 682. The Morgan fingerprint density at radius 2 is 2.10 bits per heavy atom. The molecule has 0 atom stereocenters. The summed E-state index contributed by atoms with van der Waals surface area (Å²) < 4.78 is 19.1. The number of halogens is 1. The second-order valence-corrected chi connectivity index (χ2v) is 4.22. The van der Waals surface area contributed by atoms with Crippen LogP contribution in [0.1, 0.15) is 5.56 Å². The fraction of sp³-hybridized carbons (Fsp3) is 0.143. The quantitative estimate of drug-likeness (QED) is 0.854. The molecule has 0 amide bonds. The molecule has 0 aliphatic rings. The van der Waals surface area contributed by atoms with E-state index in [9.17, 15) is 14.0 Å². The highest BCUT2D eigenvalue weighted by Gasteiger charge is 2.07. The van der Waals surface area contributed by atoms with Gasteiger partial charge in [-0.1, -0.05) is 12.1 Å². The molecule has 20 heavy (non-hydrogen) atoms. The first-order valence-electron chi connectivity index (χ1n) is 5.90. The zero-order valence-electron chi connectivity index (χ0n) is 10.6. The normalized spacial score (nSPS) is 10.2. The topological polar surface area (TPSA) is 74.3 Å². The zero-order valence-corrected chi connectivity index (χ0v) is 10.6. The highest BCUT2D eigenvalue weighted by atomic mass is 19.1. The van der Waals surface area contributed by atoms with Crippen molar-refractivity contribution in [2.24, 2.45) is 0 Å². The summed E-state index contributed by atoms with van der Waals surface area (Å²) in [4.78, 5) is 23.1. The maximum atomic E-state index is 12.9. The molecule has 0 aliphatic carbocycles. The molecule has 1 aromatic carbocycles. The van der Waals surface area contributed by atoms with Crippen LogP contribution in [0.5, 0.6) is 0 Å². The number of hydrogen-bond acceptors (Lipinski definition) is 4. The summed E-state index contributed by atoms with van der Waals surface area (Å²) >= 11 is 0. The molecule has 0 spiro atoms. The predicted octanol–water partition coefficient (Wildman–Crippen LogP) is 1.31. The number of anilines is 1. The van der Waals surface area contributed by atoms with Crippen molar-refractivity contribution in [3.05, 3.63) is 64.3 Å². The number of hydrogen-bond donors (Lipinski definition) is 1. The standard InChI is InChI=1S/C14H13FN2O3/c15-11-3-1-2-10(6-11)9-20-14(19)8-17-7-12(16)4-5-13(17)18/h1-7H,8-9,16H2. The first-order chi connectivity index (χ1) is 9.54. The molecular weight excluding hydrogens is 263 g/mol.